The lowest BCUT2D eigenvalue weighted by Gasteiger charge is -2.24. The molecule has 0 spiro atoms. The topological polar surface area (TPSA) is 97.2 Å². The summed E-state index contributed by atoms with van der Waals surface area (Å²) in [5.41, 5.74) is 3.28. The monoisotopic (exact) mass is 322 g/mol. The molecule has 4 rings (SSSR count). The highest BCUT2D eigenvalue weighted by molar-refractivity contribution is 5.86. The second kappa shape index (κ2) is 5.92. The number of nitriles is 1. The highest BCUT2D eigenvalue weighted by Gasteiger charge is 2.24. The predicted octanol–water partition coefficient (Wildman–Crippen LogP) is 1.96. The maximum Gasteiger partial charge on any atom is 0.163 e. The number of aryl methyl sites for hydroxylation is 2. The van der Waals surface area contributed by atoms with Crippen molar-refractivity contribution in [2.24, 2.45) is 7.05 Å². The molecular weight excluding hydrogens is 304 g/mol. The van der Waals surface area contributed by atoms with Gasteiger partial charge in [0.2, 0.25) is 0 Å². The van der Waals surface area contributed by atoms with Crippen LogP contribution >= 0.6 is 0 Å². The molecule has 1 aliphatic rings. The molecule has 1 aliphatic carbocycles. The van der Waals surface area contributed by atoms with Crippen molar-refractivity contribution in [2.75, 3.05) is 5.32 Å². The third-order valence-electron chi connectivity index (χ3n) is 4.56. The molecule has 3 aromatic heterocycles. The molecule has 24 heavy (non-hydrogen) atoms. The molecule has 1 atom stereocenters. The van der Waals surface area contributed by atoms with Crippen molar-refractivity contribution in [3.63, 3.8) is 0 Å². The quantitative estimate of drug-likeness (QED) is 0.788. The zero-order valence-corrected chi connectivity index (χ0v) is 13.5. The molecule has 8 heteroatoms. The van der Waals surface area contributed by atoms with Crippen LogP contribution in [0.5, 0.6) is 0 Å². The van der Waals surface area contributed by atoms with E-state index >= 15 is 0 Å². The van der Waals surface area contributed by atoms with Crippen molar-refractivity contribution < 1.29 is 0 Å². The van der Waals surface area contributed by atoms with Gasteiger partial charge in [-0.15, -0.1) is 0 Å². The van der Waals surface area contributed by atoms with E-state index in [0.717, 1.165) is 36.1 Å². The largest absolute Gasteiger partial charge is 0.362 e. The van der Waals surface area contributed by atoms with Gasteiger partial charge in [-0.1, -0.05) is 0 Å². The number of hydrogen-bond acceptors (Lipinski definition) is 6. The summed E-state index contributed by atoms with van der Waals surface area (Å²) in [7, 11) is 1.99. The maximum atomic E-state index is 8.76. The number of aromatic nitrogens is 6. The van der Waals surface area contributed by atoms with Crippen LogP contribution < -0.4 is 5.32 Å². The van der Waals surface area contributed by atoms with Crippen LogP contribution in [-0.2, 0) is 20.0 Å². The molecule has 8 nitrogen and oxygen atoms in total. The first-order valence-electron chi connectivity index (χ1n) is 8.08. The second-order valence-electron chi connectivity index (χ2n) is 5.99. The van der Waals surface area contributed by atoms with Crippen LogP contribution in [0.25, 0.3) is 11.0 Å². The Morgan fingerprint density at radius 1 is 1.33 bits per heavy atom. The van der Waals surface area contributed by atoms with Gasteiger partial charge in [-0.05, 0) is 19.3 Å². The number of anilines is 1. The van der Waals surface area contributed by atoms with Gasteiger partial charge in [0.05, 0.1) is 42.9 Å². The zero-order chi connectivity index (χ0) is 16.5. The Hall–Kier alpha value is -2.95. The molecule has 0 amide bonds. The van der Waals surface area contributed by atoms with E-state index in [9.17, 15) is 0 Å². The number of fused-ring (bicyclic) bond motifs is 2. The summed E-state index contributed by atoms with van der Waals surface area (Å²) in [6, 6.07) is 2.33. The van der Waals surface area contributed by atoms with Gasteiger partial charge >= 0.3 is 0 Å². The Morgan fingerprint density at radius 2 is 2.25 bits per heavy atom. The summed E-state index contributed by atoms with van der Waals surface area (Å²) in [4.78, 5) is 8.73. The first-order chi connectivity index (χ1) is 11.8. The van der Waals surface area contributed by atoms with Gasteiger partial charge in [-0.3, -0.25) is 4.68 Å². The summed E-state index contributed by atoms with van der Waals surface area (Å²) in [5.74, 6) is 0.782. The van der Waals surface area contributed by atoms with Crippen molar-refractivity contribution in [2.45, 2.75) is 38.3 Å². The third kappa shape index (κ3) is 2.38. The molecule has 1 N–H and O–H groups in total. The minimum atomic E-state index is 0.197. The highest BCUT2D eigenvalue weighted by Crippen LogP contribution is 2.33. The third-order valence-corrected chi connectivity index (χ3v) is 4.56. The van der Waals surface area contributed by atoms with Crippen LogP contribution in [0.2, 0.25) is 0 Å². The molecule has 0 aliphatic heterocycles. The Labute approximate surface area is 139 Å². The van der Waals surface area contributed by atoms with E-state index in [1.165, 1.54) is 11.3 Å². The van der Waals surface area contributed by atoms with Gasteiger partial charge in [0.15, 0.2) is 5.65 Å². The fourth-order valence-corrected chi connectivity index (χ4v) is 3.35. The van der Waals surface area contributed by atoms with E-state index in [1.807, 2.05) is 17.9 Å². The van der Waals surface area contributed by atoms with Crippen LogP contribution in [-0.4, -0.2) is 29.5 Å². The first-order valence-corrected chi connectivity index (χ1v) is 8.08. The first kappa shape index (κ1) is 14.6. The van der Waals surface area contributed by atoms with E-state index in [0.29, 0.717) is 13.0 Å². The average molecular weight is 322 g/mol. The lowest BCUT2D eigenvalue weighted by Crippen LogP contribution is -2.18. The number of nitrogens with zero attached hydrogens (tertiary/aromatic N) is 7. The molecule has 0 fully saturated rings. The van der Waals surface area contributed by atoms with E-state index in [4.69, 9.17) is 5.26 Å². The second-order valence-corrected chi connectivity index (χ2v) is 5.99. The molecule has 0 bridgehead atoms. The number of rotatable bonds is 4. The van der Waals surface area contributed by atoms with Crippen molar-refractivity contribution in [3.05, 3.63) is 30.0 Å². The van der Waals surface area contributed by atoms with Crippen LogP contribution in [0.1, 0.15) is 36.6 Å². The molecule has 0 radical (unpaired) electrons. The van der Waals surface area contributed by atoms with Crippen molar-refractivity contribution in [1.29, 1.82) is 5.26 Å². The fourth-order valence-electron chi connectivity index (χ4n) is 3.35. The van der Waals surface area contributed by atoms with E-state index in [1.54, 1.807) is 17.2 Å². The highest BCUT2D eigenvalue weighted by atomic mass is 15.3. The molecule has 3 heterocycles. The van der Waals surface area contributed by atoms with Crippen LogP contribution in [0.3, 0.4) is 0 Å². The van der Waals surface area contributed by atoms with Gasteiger partial charge in [-0.2, -0.15) is 15.5 Å². The Kier molecular flexibility index (Phi) is 3.61. The Balaban J connectivity index is 1.66. The Bertz CT molecular complexity index is 916. The van der Waals surface area contributed by atoms with E-state index in [-0.39, 0.29) is 6.04 Å². The van der Waals surface area contributed by atoms with Crippen LogP contribution in [0, 0.1) is 11.3 Å². The number of hydrogen-bond donors (Lipinski definition) is 1. The molecule has 1 unspecified atom stereocenters. The molecule has 0 aromatic carbocycles. The predicted molar refractivity (Wildman–Crippen MR) is 88.1 cm³/mol. The molecular formula is C16H18N8. The summed E-state index contributed by atoms with van der Waals surface area (Å²) < 4.78 is 3.71. The van der Waals surface area contributed by atoms with Crippen LogP contribution in [0.15, 0.2) is 18.7 Å². The van der Waals surface area contributed by atoms with E-state index < -0.39 is 0 Å². The van der Waals surface area contributed by atoms with Crippen molar-refractivity contribution in [1.82, 2.24) is 29.5 Å². The average Bonchev–Trinajstić information content (AvgIpc) is 3.19. The summed E-state index contributed by atoms with van der Waals surface area (Å²) in [6.07, 6.45) is 8.90. The SMILES string of the molecule is Cn1ncc2c1CCCC2Nc1ncnc2c1cnn2CCC#N. The molecule has 0 saturated heterocycles. The molecule has 3 aromatic rings. The smallest absolute Gasteiger partial charge is 0.163 e. The van der Waals surface area contributed by atoms with Gasteiger partial charge in [0.1, 0.15) is 12.1 Å². The van der Waals surface area contributed by atoms with Gasteiger partial charge in [0.25, 0.3) is 0 Å². The zero-order valence-electron chi connectivity index (χ0n) is 13.5. The summed E-state index contributed by atoms with van der Waals surface area (Å²) >= 11 is 0. The maximum absolute atomic E-state index is 8.76. The van der Waals surface area contributed by atoms with Gasteiger partial charge in [0, 0.05) is 18.3 Å². The fraction of sp³-hybridized carbons (Fsp3) is 0.438. The van der Waals surface area contributed by atoms with Crippen LogP contribution in [0.4, 0.5) is 5.82 Å². The normalized spacial score (nSPS) is 16.8. The minimum absolute atomic E-state index is 0.197. The van der Waals surface area contributed by atoms with Gasteiger partial charge < -0.3 is 5.32 Å². The van der Waals surface area contributed by atoms with Gasteiger partial charge in [-0.25, -0.2) is 14.6 Å². The van der Waals surface area contributed by atoms with Crippen molar-refractivity contribution >= 4 is 16.9 Å². The summed E-state index contributed by atoms with van der Waals surface area (Å²) in [5, 5.41) is 21.9. The summed E-state index contributed by atoms with van der Waals surface area (Å²) in [6.45, 7) is 0.534. The lowest BCUT2D eigenvalue weighted by molar-refractivity contribution is 0.570. The Morgan fingerprint density at radius 3 is 3.12 bits per heavy atom. The molecule has 0 saturated carbocycles. The van der Waals surface area contributed by atoms with E-state index in [2.05, 4.69) is 31.6 Å². The van der Waals surface area contributed by atoms with Crippen molar-refractivity contribution in [3.8, 4) is 6.07 Å². The standard InChI is InChI=1S/C16H18N8/c1-23-14-5-2-4-13(11(14)8-20-23)22-15-12-9-21-24(7-3-6-17)16(12)19-10-18-15/h8-10,13H,2-5,7H2,1H3,(H,18,19,22). The molecule has 122 valence electrons. The lowest BCUT2D eigenvalue weighted by atomic mass is 9.93. The minimum Gasteiger partial charge on any atom is -0.362 e. The number of nitrogens with one attached hydrogen (secondary N) is 1.